The van der Waals surface area contributed by atoms with E-state index in [-0.39, 0.29) is 24.3 Å². The zero-order chi connectivity index (χ0) is 10.4. The van der Waals surface area contributed by atoms with Crippen LogP contribution in [0.3, 0.4) is 0 Å². The van der Waals surface area contributed by atoms with Crippen molar-refractivity contribution in [1.82, 2.24) is 0 Å². The minimum atomic E-state index is -0.0465. The minimum absolute atomic E-state index is 0. The van der Waals surface area contributed by atoms with Crippen LogP contribution < -0.4 is 17.2 Å². The Morgan fingerprint density at radius 1 is 1.27 bits per heavy atom. The van der Waals surface area contributed by atoms with Crippen molar-refractivity contribution in [3.8, 4) is 0 Å². The van der Waals surface area contributed by atoms with Crippen molar-refractivity contribution in [2.24, 2.45) is 33.1 Å². The normalized spacial score (nSPS) is 20.5. The number of halogens is 1. The van der Waals surface area contributed by atoms with Crippen LogP contribution in [0.5, 0.6) is 0 Å². The van der Waals surface area contributed by atoms with Crippen LogP contribution in [0.15, 0.2) is 22.1 Å². The maximum Gasteiger partial charge on any atom is 0.218 e. The molecule has 0 aromatic carbocycles. The maximum absolute atomic E-state index is 5.48. The molecule has 0 saturated carbocycles. The van der Waals surface area contributed by atoms with Gasteiger partial charge >= 0.3 is 0 Å². The van der Waals surface area contributed by atoms with Gasteiger partial charge in [0, 0.05) is 6.54 Å². The summed E-state index contributed by atoms with van der Waals surface area (Å²) < 4.78 is 0. The molecule has 0 saturated heterocycles. The molecule has 86 valence electrons. The van der Waals surface area contributed by atoms with E-state index in [0.717, 1.165) is 19.3 Å². The Hall–Kier alpha value is -1.23. The van der Waals surface area contributed by atoms with Gasteiger partial charge < -0.3 is 17.2 Å². The highest BCUT2D eigenvalue weighted by atomic mass is 35.5. The molecule has 15 heavy (non-hydrogen) atoms. The number of guanidine groups is 2. The van der Waals surface area contributed by atoms with E-state index < -0.39 is 0 Å². The molecule has 0 spiro atoms. The van der Waals surface area contributed by atoms with Crippen LogP contribution in [-0.2, 0) is 0 Å². The van der Waals surface area contributed by atoms with Gasteiger partial charge in [-0.15, -0.1) is 12.4 Å². The Kier molecular flexibility index (Phi) is 6.53. The average molecular weight is 232 g/mol. The molecular formula is C9H18ClN5. The fourth-order valence-electron chi connectivity index (χ4n) is 1.41. The lowest BCUT2D eigenvalue weighted by Gasteiger charge is -2.14. The molecule has 0 bridgehead atoms. The summed E-state index contributed by atoms with van der Waals surface area (Å²) in [5.41, 5.74) is 15.8. The molecule has 0 heterocycles. The Labute approximate surface area is 95.9 Å². The van der Waals surface area contributed by atoms with E-state index in [1.54, 1.807) is 0 Å². The van der Waals surface area contributed by atoms with Crippen LogP contribution in [0, 0.1) is 5.92 Å². The molecule has 0 aromatic heterocycles. The summed E-state index contributed by atoms with van der Waals surface area (Å²) in [6.07, 6.45) is 7.73. The molecule has 0 fully saturated rings. The smallest absolute Gasteiger partial charge is 0.218 e. The minimum Gasteiger partial charge on any atom is -0.370 e. The van der Waals surface area contributed by atoms with Crippen molar-refractivity contribution in [2.45, 2.75) is 19.3 Å². The molecule has 0 radical (unpaired) electrons. The zero-order valence-corrected chi connectivity index (χ0v) is 9.41. The molecule has 0 aromatic rings. The fraction of sp³-hybridized carbons (Fsp3) is 0.556. The van der Waals surface area contributed by atoms with Crippen molar-refractivity contribution < 1.29 is 0 Å². The first-order valence-corrected chi connectivity index (χ1v) is 4.73. The lowest BCUT2D eigenvalue weighted by Crippen LogP contribution is -2.26. The number of rotatable bonds is 2. The van der Waals surface area contributed by atoms with E-state index >= 15 is 0 Å². The van der Waals surface area contributed by atoms with E-state index in [1.165, 1.54) is 0 Å². The highest BCUT2D eigenvalue weighted by Crippen LogP contribution is 2.17. The maximum atomic E-state index is 5.48. The summed E-state index contributed by atoms with van der Waals surface area (Å²) in [4.78, 5) is 7.74. The Bertz CT molecular complexity index is 268. The van der Waals surface area contributed by atoms with Crippen molar-refractivity contribution in [3.05, 3.63) is 12.2 Å². The predicted octanol–water partition coefficient (Wildman–Crippen LogP) is 0.353. The number of allylic oxidation sites excluding steroid dienone is 2. The summed E-state index contributed by atoms with van der Waals surface area (Å²) in [6, 6.07) is 0. The standard InChI is InChI=1S/C9H17N5.ClH/c10-8(11)14-9(12)13-6-7-4-2-1-3-5-7;/h1-2,7H,3-6H2,(H6,10,11,12,13,14);1H. The second kappa shape index (κ2) is 7.11. The SMILES string of the molecule is Cl.NC(N)=NC(N)=NCC1CC=CCC1. The lowest BCUT2D eigenvalue weighted by atomic mass is 9.95. The van der Waals surface area contributed by atoms with Crippen LogP contribution in [0.1, 0.15) is 19.3 Å². The molecule has 0 aliphatic heterocycles. The summed E-state index contributed by atoms with van der Waals surface area (Å²) in [7, 11) is 0. The number of hydrogen-bond acceptors (Lipinski definition) is 1. The predicted molar refractivity (Wildman–Crippen MR) is 66.0 cm³/mol. The van der Waals surface area contributed by atoms with Gasteiger partial charge in [0.2, 0.25) is 5.96 Å². The van der Waals surface area contributed by atoms with Crippen LogP contribution in [0.25, 0.3) is 0 Å². The molecular weight excluding hydrogens is 214 g/mol. The van der Waals surface area contributed by atoms with E-state index in [4.69, 9.17) is 17.2 Å². The van der Waals surface area contributed by atoms with Crippen molar-refractivity contribution >= 4 is 24.3 Å². The summed E-state index contributed by atoms with van der Waals surface area (Å²) >= 11 is 0. The van der Waals surface area contributed by atoms with Crippen LogP contribution in [-0.4, -0.2) is 18.5 Å². The fourth-order valence-corrected chi connectivity index (χ4v) is 1.41. The number of hydrogen-bond donors (Lipinski definition) is 3. The Balaban J connectivity index is 0.00000196. The highest BCUT2D eigenvalue weighted by molar-refractivity contribution is 5.92. The molecule has 6 N–H and O–H groups in total. The first-order valence-electron chi connectivity index (χ1n) is 4.73. The summed E-state index contributed by atoms with van der Waals surface area (Å²) in [5.74, 6) is 0.696. The Morgan fingerprint density at radius 3 is 2.53 bits per heavy atom. The third-order valence-electron chi connectivity index (χ3n) is 2.13. The number of nitrogens with zero attached hydrogens (tertiary/aromatic N) is 2. The quantitative estimate of drug-likeness (QED) is 0.363. The third kappa shape index (κ3) is 5.96. The van der Waals surface area contributed by atoms with Gasteiger partial charge in [0.25, 0.3) is 0 Å². The van der Waals surface area contributed by atoms with Gasteiger partial charge in [0.1, 0.15) is 0 Å². The van der Waals surface area contributed by atoms with Crippen molar-refractivity contribution in [2.75, 3.05) is 6.54 Å². The lowest BCUT2D eigenvalue weighted by molar-refractivity contribution is 0.492. The second-order valence-electron chi connectivity index (χ2n) is 3.39. The number of aliphatic imine (C=N–C) groups is 2. The van der Waals surface area contributed by atoms with Crippen molar-refractivity contribution in [3.63, 3.8) is 0 Å². The molecule has 1 unspecified atom stereocenters. The average Bonchev–Trinajstić information content (AvgIpc) is 2.15. The molecule has 5 nitrogen and oxygen atoms in total. The van der Waals surface area contributed by atoms with Gasteiger partial charge in [-0.3, -0.25) is 4.99 Å². The first kappa shape index (κ1) is 13.8. The summed E-state index contributed by atoms with van der Waals surface area (Å²) in [5, 5.41) is 0. The second-order valence-corrected chi connectivity index (χ2v) is 3.39. The van der Waals surface area contributed by atoms with Crippen molar-refractivity contribution in [1.29, 1.82) is 0 Å². The molecule has 1 aliphatic carbocycles. The highest BCUT2D eigenvalue weighted by Gasteiger charge is 2.08. The van der Waals surface area contributed by atoms with Gasteiger partial charge in [-0.2, -0.15) is 4.99 Å². The topological polar surface area (TPSA) is 103 Å². The monoisotopic (exact) mass is 231 g/mol. The molecule has 0 amide bonds. The Morgan fingerprint density at radius 2 is 2.00 bits per heavy atom. The third-order valence-corrected chi connectivity index (χ3v) is 2.13. The van der Waals surface area contributed by atoms with Crippen LogP contribution in [0.4, 0.5) is 0 Å². The van der Waals surface area contributed by atoms with E-state index in [0.29, 0.717) is 12.5 Å². The van der Waals surface area contributed by atoms with Crippen LogP contribution >= 0.6 is 12.4 Å². The van der Waals surface area contributed by atoms with Gasteiger partial charge in [-0.05, 0) is 25.2 Å². The molecule has 6 heteroatoms. The molecule has 1 atom stereocenters. The first-order chi connectivity index (χ1) is 6.68. The largest absolute Gasteiger partial charge is 0.370 e. The summed E-state index contributed by atoms with van der Waals surface area (Å²) in [6.45, 7) is 0.701. The van der Waals surface area contributed by atoms with E-state index in [1.807, 2.05) is 0 Å². The van der Waals surface area contributed by atoms with E-state index in [9.17, 15) is 0 Å². The number of nitrogens with two attached hydrogens (primary N) is 3. The van der Waals surface area contributed by atoms with E-state index in [2.05, 4.69) is 22.1 Å². The zero-order valence-electron chi connectivity index (χ0n) is 8.60. The van der Waals surface area contributed by atoms with Gasteiger partial charge in [-0.1, -0.05) is 12.2 Å². The van der Waals surface area contributed by atoms with Gasteiger partial charge in [0.05, 0.1) is 0 Å². The molecule has 1 rings (SSSR count). The van der Waals surface area contributed by atoms with Crippen LogP contribution in [0.2, 0.25) is 0 Å². The van der Waals surface area contributed by atoms with Gasteiger partial charge in [0.15, 0.2) is 5.96 Å². The van der Waals surface area contributed by atoms with Gasteiger partial charge in [-0.25, -0.2) is 0 Å². The molecule has 1 aliphatic rings.